The molecule has 0 aliphatic heterocycles. The minimum atomic E-state index is -0.608. The summed E-state index contributed by atoms with van der Waals surface area (Å²) in [5.41, 5.74) is 1.68. The number of fused-ring (bicyclic) bond motifs is 1. The Morgan fingerprint density at radius 2 is 2.15 bits per heavy atom. The van der Waals surface area contributed by atoms with Gasteiger partial charge in [0.25, 0.3) is 0 Å². The molecule has 6 heteroatoms. The number of halogens is 1. The number of aromatic amines is 1. The van der Waals surface area contributed by atoms with Crippen LogP contribution in [0, 0.1) is 0 Å². The Kier molecular flexibility index (Phi) is 4.10. The Bertz CT molecular complexity index is 704. The molecule has 0 aliphatic rings. The van der Waals surface area contributed by atoms with Crippen LogP contribution in [0.1, 0.15) is 12.5 Å². The van der Waals surface area contributed by atoms with Gasteiger partial charge in [0, 0.05) is 34.6 Å². The van der Waals surface area contributed by atoms with Crippen LogP contribution in [0.25, 0.3) is 17.0 Å². The Balaban J connectivity index is 2.47. The van der Waals surface area contributed by atoms with Gasteiger partial charge in [0.2, 0.25) is 5.91 Å². The molecule has 0 bridgehead atoms. The third kappa shape index (κ3) is 3.00. The fourth-order valence-electron chi connectivity index (χ4n) is 1.84. The summed E-state index contributed by atoms with van der Waals surface area (Å²) in [7, 11) is 1.26. The molecular weight excluding hydrogens is 280 g/mol. The summed E-state index contributed by atoms with van der Waals surface area (Å²) in [4.78, 5) is 25.8. The third-order valence-electron chi connectivity index (χ3n) is 2.69. The lowest BCUT2D eigenvalue weighted by Crippen LogP contribution is -2.25. The van der Waals surface area contributed by atoms with E-state index in [2.05, 4.69) is 15.0 Å². The lowest BCUT2D eigenvalue weighted by Gasteiger charge is -2.05. The van der Waals surface area contributed by atoms with Crippen LogP contribution < -0.4 is 5.32 Å². The molecule has 2 N–H and O–H groups in total. The third-order valence-corrected chi connectivity index (χ3v) is 2.93. The number of rotatable bonds is 3. The van der Waals surface area contributed by atoms with E-state index in [1.165, 1.54) is 14.0 Å². The van der Waals surface area contributed by atoms with E-state index >= 15 is 0 Å². The van der Waals surface area contributed by atoms with Crippen molar-refractivity contribution in [1.82, 2.24) is 10.3 Å². The standard InChI is InChI=1S/C14H13ClN2O3/c1-8(18)17-13(14(19)20-2)5-9-7-16-12-6-10(15)3-4-11(9)12/h3-7,16H,1-2H3,(H,17,18). The molecule has 2 aromatic rings. The highest BCUT2D eigenvalue weighted by Gasteiger charge is 2.12. The monoisotopic (exact) mass is 292 g/mol. The van der Waals surface area contributed by atoms with Crippen LogP contribution in [0.2, 0.25) is 5.02 Å². The number of benzene rings is 1. The van der Waals surface area contributed by atoms with Gasteiger partial charge in [0.15, 0.2) is 0 Å². The number of carbonyl (C=O) groups excluding carboxylic acids is 2. The van der Waals surface area contributed by atoms with Crippen LogP contribution in [0.15, 0.2) is 30.1 Å². The van der Waals surface area contributed by atoms with Crippen molar-refractivity contribution in [3.63, 3.8) is 0 Å². The SMILES string of the molecule is COC(=O)C(=Cc1c[nH]c2cc(Cl)ccc12)NC(C)=O. The second-order valence-corrected chi connectivity index (χ2v) is 4.60. The minimum Gasteiger partial charge on any atom is -0.464 e. The summed E-state index contributed by atoms with van der Waals surface area (Å²) in [5.74, 6) is -0.951. The molecule has 0 atom stereocenters. The number of ether oxygens (including phenoxy) is 1. The van der Waals surface area contributed by atoms with Gasteiger partial charge in [0.1, 0.15) is 5.70 Å². The van der Waals surface area contributed by atoms with Crippen molar-refractivity contribution >= 4 is 40.5 Å². The van der Waals surface area contributed by atoms with Crippen molar-refractivity contribution in [1.29, 1.82) is 0 Å². The molecule has 0 unspecified atom stereocenters. The summed E-state index contributed by atoms with van der Waals surface area (Å²) in [6, 6.07) is 5.37. The number of hydrogen-bond donors (Lipinski definition) is 2. The van der Waals surface area contributed by atoms with Crippen molar-refractivity contribution < 1.29 is 14.3 Å². The Labute approximate surface area is 120 Å². The van der Waals surface area contributed by atoms with Gasteiger partial charge >= 0.3 is 5.97 Å². The molecule has 0 radical (unpaired) electrons. The topological polar surface area (TPSA) is 71.2 Å². The van der Waals surface area contributed by atoms with Gasteiger partial charge in [-0.05, 0) is 18.2 Å². The van der Waals surface area contributed by atoms with Crippen molar-refractivity contribution in [2.75, 3.05) is 7.11 Å². The highest BCUT2D eigenvalue weighted by molar-refractivity contribution is 6.31. The summed E-state index contributed by atoms with van der Waals surface area (Å²) in [6.07, 6.45) is 3.28. The molecule has 1 amide bonds. The minimum absolute atomic E-state index is 0.0795. The quantitative estimate of drug-likeness (QED) is 0.674. The van der Waals surface area contributed by atoms with Gasteiger partial charge in [-0.3, -0.25) is 4.79 Å². The zero-order valence-electron chi connectivity index (χ0n) is 11.0. The smallest absolute Gasteiger partial charge is 0.354 e. The van der Waals surface area contributed by atoms with E-state index in [1.807, 2.05) is 6.07 Å². The predicted molar refractivity (Wildman–Crippen MR) is 77.1 cm³/mol. The van der Waals surface area contributed by atoms with Gasteiger partial charge in [0.05, 0.1) is 7.11 Å². The molecule has 0 saturated heterocycles. The fourth-order valence-corrected chi connectivity index (χ4v) is 2.01. The van der Waals surface area contributed by atoms with Gasteiger partial charge in [-0.15, -0.1) is 0 Å². The Morgan fingerprint density at radius 3 is 2.80 bits per heavy atom. The highest BCUT2D eigenvalue weighted by atomic mass is 35.5. The largest absolute Gasteiger partial charge is 0.464 e. The van der Waals surface area contributed by atoms with Crippen molar-refractivity contribution in [2.45, 2.75) is 6.92 Å². The normalized spacial score (nSPS) is 11.4. The number of methoxy groups -OCH3 is 1. The molecule has 0 saturated carbocycles. The zero-order valence-corrected chi connectivity index (χ0v) is 11.7. The molecule has 1 heterocycles. The number of esters is 1. The number of nitrogens with one attached hydrogen (secondary N) is 2. The molecule has 1 aromatic heterocycles. The summed E-state index contributed by atoms with van der Waals surface area (Å²) in [6.45, 7) is 1.33. The van der Waals surface area contributed by atoms with Crippen LogP contribution in [0.4, 0.5) is 0 Å². The van der Waals surface area contributed by atoms with Crippen LogP contribution >= 0.6 is 11.6 Å². The number of hydrogen-bond acceptors (Lipinski definition) is 3. The molecule has 5 nitrogen and oxygen atoms in total. The highest BCUT2D eigenvalue weighted by Crippen LogP contribution is 2.23. The number of carbonyl (C=O) groups is 2. The first-order valence-electron chi connectivity index (χ1n) is 5.85. The second-order valence-electron chi connectivity index (χ2n) is 4.16. The van der Waals surface area contributed by atoms with E-state index in [4.69, 9.17) is 11.6 Å². The molecule has 2 rings (SSSR count). The average Bonchev–Trinajstić information content (AvgIpc) is 2.78. The first-order chi connectivity index (χ1) is 9.51. The maximum absolute atomic E-state index is 11.6. The molecule has 20 heavy (non-hydrogen) atoms. The molecule has 0 aliphatic carbocycles. The molecule has 0 spiro atoms. The summed E-state index contributed by atoms with van der Waals surface area (Å²) < 4.78 is 4.64. The van der Waals surface area contributed by atoms with Gasteiger partial charge < -0.3 is 15.0 Å². The molecular formula is C14H13ClN2O3. The Hall–Kier alpha value is -2.27. The van der Waals surface area contributed by atoms with E-state index < -0.39 is 5.97 Å². The molecule has 1 aromatic carbocycles. The van der Waals surface area contributed by atoms with Crippen LogP contribution in [-0.2, 0) is 14.3 Å². The lowest BCUT2D eigenvalue weighted by atomic mass is 10.1. The van der Waals surface area contributed by atoms with E-state index in [-0.39, 0.29) is 11.6 Å². The lowest BCUT2D eigenvalue weighted by molar-refractivity contribution is -0.137. The van der Waals surface area contributed by atoms with Gasteiger partial charge in [-0.2, -0.15) is 0 Å². The summed E-state index contributed by atoms with van der Waals surface area (Å²) >= 11 is 5.91. The Morgan fingerprint density at radius 1 is 1.40 bits per heavy atom. The van der Waals surface area contributed by atoms with Gasteiger partial charge in [-0.1, -0.05) is 17.7 Å². The van der Waals surface area contributed by atoms with Crippen molar-refractivity contribution in [3.05, 3.63) is 40.7 Å². The first-order valence-corrected chi connectivity index (χ1v) is 6.23. The first kappa shape index (κ1) is 14.1. The maximum Gasteiger partial charge on any atom is 0.354 e. The average molecular weight is 293 g/mol. The summed E-state index contributed by atoms with van der Waals surface area (Å²) in [5, 5.41) is 3.96. The zero-order chi connectivity index (χ0) is 14.7. The fraction of sp³-hybridized carbons (Fsp3) is 0.143. The van der Waals surface area contributed by atoms with Crippen LogP contribution in [0.5, 0.6) is 0 Å². The maximum atomic E-state index is 11.6. The van der Waals surface area contributed by atoms with E-state index in [9.17, 15) is 9.59 Å². The van der Waals surface area contributed by atoms with E-state index in [1.54, 1.807) is 24.4 Å². The number of amides is 1. The van der Waals surface area contributed by atoms with Gasteiger partial charge in [-0.25, -0.2) is 4.79 Å². The van der Waals surface area contributed by atoms with Crippen LogP contribution in [-0.4, -0.2) is 24.0 Å². The van der Waals surface area contributed by atoms with Crippen molar-refractivity contribution in [2.24, 2.45) is 0 Å². The second kappa shape index (κ2) is 5.79. The predicted octanol–water partition coefficient (Wildman–Crippen LogP) is 2.47. The molecule has 0 fully saturated rings. The van der Waals surface area contributed by atoms with Crippen LogP contribution in [0.3, 0.4) is 0 Å². The number of aromatic nitrogens is 1. The number of H-pyrrole nitrogens is 1. The van der Waals surface area contributed by atoms with E-state index in [0.717, 1.165) is 16.5 Å². The van der Waals surface area contributed by atoms with E-state index in [0.29, 0.717) is 5.02 Å². The molecule has 104 valence electrons. The van der Waals surface area contributed by atoms with Crippen molar-refractivity contribution in [3.8, 4) is 0 Å².